The number of aldehydes is 1. The van der Waals surface area contributed by atoms with Crippen molar-refractivity contribution in [3.05, 3.63) is 52.3 Å². The van der Waals surface area contributed by atoms with E-state index < -0.39 is 0 Å². The molecule has 4 heteroatoms. The molecule has 0 fully saturated rings. The van der Waals surface area contributed by atoms with Crippen molar-refractivity contribution in [3.8, 4) is 17.0 Å². The smallest absolute Gasteiger partial charge is 0.261 e. The van der Waals surface area contributed by atoms with Gasteiger partial charge in [0, 0.05) is 12.1 Å². The van der Waals surface area contributed by atoms with Gasteiger partial charge in [0.15, 0.2) is 6.29 Å². The number of carbonyl (C=O) groups is 1. The first-order chi connectivity index (χ1) is 10.6. The zero-order chi connectivity index (χ0) is 16.1. The molecule has 1 aromatic heterocycles. The van der Waals surface area contributed by atoms with Crippen molar-refractivity contribution in [1.82, 2.24) is 4.57 Å². The van der Waals surface area contributed by atoms with Crippen LogP contribution >= 0.6 is 0 Å². The molecule has 22 heavy (non-hydrogen) atoms. The molecule has 0 unspecified atom stereocenters. The summed E-state index contributed by atoms with van der Waals surface area (Å²) in [7, 11) is 1.61. The summed E-state index contributed by atoms with van der Waals surface area (Å²) in [6.07, 6.45) is 1.48. The Hall–Kier alpha value is -2.36. The summed E-state index contributed by atoms with van der Waals surface area (Å²) in [6, 6.07) is 11.0. The third-order valence-electron chi connectivity index (χ3n) is 3.64. The Morgan fingerprint density at radius 3 is 2.55 bits per heavy atom. The summed E-state index contributed by atoms with van der Waals surface area (Å²) in [6.45, 7) is 4.79. The van der Waals surface area contributed by atoms with Gasteiger partial charge in [0.1, 0.15) is 5.75 Å². The van der Waals surface area contributed by atoms with E-state index in [0.29, 0.717) is 24.5 Å². The molecule has 0 amide bonds. The van der Waals surface area contributed by atoms with Gasteiger partial charge in [0.2, 0.25) is 0 Å². The number of para-hydroxylation sites is 1. The van der Waals surface area contributed by atoms with Gasteiger partial charge in [-0.2, -0.15) is 0 Å². The average Bonchev–Trinajstić information content (AvgIpc) is 2.53. The van der Waals surface area contributed by atoms with Crippen LogP contribution in [0.25, 0.3) is 11.3 Å². The monoisotopic (exact) mass is 299 g/mol. The SMILES string of the molecule is COc1ccccc1-c1ccc(C=O)c(=O)n1CCC(C)C. The zero-order valence-electron chi connectivity index (χ0n) is 13.2. The zero-order valence-corrected chi connectivity index (χ0v) is 13.2. The highest BCUT2D eigenvalue weighted by atomic mass is 16.5. The topological polar surface area (TPSA) is 48.3 Å². The number of carbonyl (C=O) groups excluding carboxylic acids is 1. The second kappa shape index (κ2) is 7.07. The molecule has 1 aromatic carbocycles. The molecule has 0 atom stereocenters. The number of hydrogen-bond donors (Lipinski definition) is 0. The molecule has 2 aromatic rings. The van der Waals surface area contributed by atoms with Crippen molar-refractivity contribution in [3.63, 3.8) is 0 Å². The van der Waals surface area contributed by atoms with Gasteiger partial charge in [-0.3, -0.25) is 9.59 Å². The molecule has 2 rings (SSSR count). The van der Waals surface area contributed by atoms with Crippen molar-refractivity contribution in [2.75, 3.05) is 7.11 Å². The van der Waals surface area contributed by atoms with Crippen LogP contribution in [0.4, 0.5) is 0 Å². The fourth-order valence-corrected chi connectivity index (χ4v) is 2.39. The highest BCUT2D eigenvalue weighted by Crippen LogP contribution is 2.29. The van der Waals surface area contributed by atoms with E-state index in [9.17, 15) is 9.59 Å². The minimum atomic E-state index is -0.251. The molecular weight excluding hydrogens is 278 g/mol. The van der Waals surface area contributed by atoms with E-state index in [-0.39, 0.29) is 11.1 Å². The van der Waals surface area contributed by atoms with Gasteiger partial charge >= 0.3 is 0 Å². The van der Waals surface area contributed by atoms with Crippen molar-refractivity contribution in [2.45, 2.75) is 26.8 Å². The summed E-state index contributed by atoms with van der Waals surface area (Å²) in [5, 5.41) is 0. The van der Waals surface area contributed by atoms with E-state index in [2.05, 4.69) is 13.8 Å². The summed E-state index contributed by atoms with van der Waals surface area (Å²) in [5.74, 6) is 1.18. The normalized spacial score (nSPS) is 10.7. The van der Waals surface area contributed by atoms with Crippen LogP contribution in [0, 0.1) is 5.92 Å². The second-order valence-corrected chi connectivity index (χ2v) is 5.63. The number of ether oxygens (including phenoxy) is 1. The largest absolute Gasteiger partial charge is 0.496 e. The maximum absolute atomic E-state index is 12.5. The van der Waals surface area contributed by atoms with Crippen LogP contribution in [0.3, 0.4) is 0 Å². The first-order valence-corrected chi connectivity index (χ1v) is 7.41. The summed E-state index contributed by atoms with van der Waals surface area (Å²) >= 11 is 0. The third-order valence-corrected chi connectivity index (χ3v) is 3.64. The number of hydrogen-bond acceptors (Lipinski definition) is 3. The van der Waals surface area contributed by atoms with E-state index in [1.54, 1.807) is 17.7 Å². The molecule has 0 aliphatic carbocycles. The number of nitrogens with zero attached hydrogens (tertiary/aromatic N) is 1. The van der Waals surface area contributed by atoms with Crippen LogP contribution in [0.5, 0.6) is 5.75 Å². The second-order valence-electron chi connectivity index (χ2n) is 5.63. The average molecular weight is 299 g/mol. The lowest BCUT2D eigenvalue weighted by Gasteiger charge is -2.16. The van der Waals surface area contributed by atoms with Crippen molar-refractivity contribution in [2.24, 2.45) is 5.92 Å². The molecule has 0 aliphatic heterocycles. The fourth-order valence-electron chi connectivity index (χ4n) is 2.39. The van der Waals surface area contributed by atoms with Crippen LogP contribution in [-0.4, -0.2) is 18.0 Å². The number of methoxy groups -OCH3 is 1. The Balaban J connectivity index is 2.62. The van der Waals surface area contributed by atoms with Gasteiger partial charge in [0.05, 0.1) is 18.4 Å². The maximum Gasteiger partial charge on any atom is 0.261 e. The quantitative estimate of drug-likeness (QED) is 0.768. The van der Waals surface area contributed by atoms with E-state index in [4.69, 9.17) is 4.74 Å². The minimum Gasteiger partial charge on any atom is -0.496 e. The third kappa shape index (κ3) is 3.27. The van der Waals surface area contributed by atoms with Crippen LogP contribution in [0.15, 0.2) is 41.2 Å². The maximum atomic E-state index is 12.5. The highest BCUT2D eigenvalue weighted by molar-refractivity contribution is 5.76. The van der Waals surface area contributed by atoms with Gasteiger partial charge < -0.3 is 9.30 Å². The first-order valence-electron chi connectivity index (χ1n) is 7.41. The standard InChI is InChI=1S/C18H21NO3/c1-13(2)10-11-19-16(9-8-14(12-20)18(19)21)15-6-4-5-7-17(15)22-3/h4-9,12-13H,10-11H2,1-3H3. The van der Waals surface area contributed by atoms with Crippen LogP contribution in [0.1, 0.15) is 30.6 Å². The molecule has 1 heterocycles. The molecule has 0 spiro atoms. The molecule has 116 valence electrons. The summed E-state index contributed by atoms with van der Waals surface area (Å²) < 4.78 is 7.06. The Bertz CT molecular complexity index is 717. The molecular formula is C18H21NO3. The molecule has 0 saturated heterocycles. The number of rotatable bonds is 6. The van der Waals surface area contributed by atoms with Gasteiger partial charge in [-0.1, -0.05) is 26.0 Å². The van der Waals surface area contributed by atoms with Crippen LogP contribution in [-0.2, 0) is 6.54 Å². The summed E-state index contributed by atoms with van der Waals surface area (Å²) in [5.41, 5.74) is 1.55. The molecule has 0 radical (unpaired) electrons. The van der Waals surface area contributed by atoms with Gasteiger partial charge in [-0.05, 0) is 36.6 Å². The first kappa shape index (κ1) is 16.0. The lowest BCUT2D eigenvalue weighted by molar-refractivity contribution is 0.112. The van der Waals surface area contributed by atoms with E-state index in [1.165, 1.54) is 0 Å². The minimum absolute atomic E-state index is 0.183. The Kier molecular flexibility index (Phi) is 5.15. The molecule has 0 saturated carbocycles. The molecule has 0 aliphatic rings. The number of aromatic nitrogens is 1. The molecule has 4 nitrogen and oxygen atoms in total. The van der Waals surface area contributed by atoms with E-state index in [0.717, 1.165) is 17.7 Å². The summed E-state index contributed by atoms with van der Waals surface area (Å²) in [4.78, 5) is 23.5. The van der Waals surface area contributed by atoms with Crippen molar-refractivity contribution < 1.29 is 9.53 Å². The Morgan fingerprint density at radius 1 is 1.18 bits per heavy atom. The predicted molar refractivity (Wildman–Crippen MR) is 87.5 cm³/mol. The van der Waals surface area contributed by atoms with Crippen LogP contribution in [0.2, 0.25) is 0 Å². The number of pyridine rings is 1. The Morgan fingerprint density at radius 2 is 1.91 bits per heavy atom. The van der Waals surface area contributed by atoms with Crippen LogP contribution < -0.4 is 10.3 Å². The lowest BCUT2D eigenvalue weighted by atomic mass is 10.1. The van der Waals surface area contributed by atoms with E-state index in [1.807, 2.05) is 30.3 Å². The van der Waals surface area contributed by atoms with Crippen molar-refractivity contribution in [1.29, 1.82) is 0 Å². The molecule has 0 N–H and O–H groups in total. The Labute approximate surface area is 130 Å². The number of benzene rings is 1. The van der Waals surface area contributed by atoms with Crippen molar-refractivity contribution >= 4 is 6.29 Å². The van der Waals surface area contributed by atoms with E-state index >= 15 is 0 Å². The molecule has 0 bridgehead atoms. The predicted octanol–water partition coefficient (Wildman–Crippen LogP) is 3.38. The fraction of sp³-hybridized carbons (Fsp3) is 0.333. The highest BCUT2D eigenvalue weighted by Gasteiger charge is 2.13. The van der Waals surface area contributed by atoms with Gasteiger partial charge in [-0.15, -0.1) is 0 Å². The lowest BCUT2D eigenvalue weighted by Crippen LogP contribution is -2.25. The van der Waals surface area contributed by atoms with Gasteiger partial charge in [-0.25, -0.2) is 0 Å². The van der Waals surface area contributed by atoms with Gasteiger partial charge in [0.25, 0.3) is 5.56 Å².